The lowest BCUT2D eigenvalue weighted by molar-refractivity contribution is -0.116. The summed E-state index contributed by atoms with van der Waals surface area (Å²) in [5.74, 6) is -0.461. The van der Waals surface area contributed by atoms with E-state index < -0.39 is 15.9 Å². The average molecular weight is 442 g/mol. The van der Waals surface area contributed by atoms with E-state index in [4.69, 9.17) is 11.6 Å². The van der Waals surface area contributed by atoms with Crippen molar-refractivity contribution < 1.29 is 13.2 Å². The van der Waals surface area contributed by atoms with Crippen molar-refractivity contribution in [3.63, 3.8) is 0 Å². The molecule has 0 saturated carbocycles. The van der Waals surface area contributed by atoms with Crippen LogP contribution in [0.15, 0.2) is 46.7 Å². The van der Waals surface area contributed by atoms with Gasteiger partial charge in [0, 0.05) is 7.05 Å². The van der Waals surface area contributed by atoms with E-state index >= 15 is 0 Å². The summed E-state index contributed by atoms with van der Waals surface area (Å²) in [6.45, 7) is 1.54. The highest BCUT2D eigenvalue weighted by molar-refractivity contribution is 7.91. The predicted octanol–water partition coefficient (Wildman–Crippen LogP) is 4.09. The zero-order valence-corrected chi connectivity index (χ0v) is 17.7. The number of hydrogen-bond acceptors (Lipinski definition) is 6. The van der Waals surface area contributed by atoms with Crippen molar-refractivity contribution in [1.82, 2.24) is 9.29 Å². The average Bonchev–Trinajstić information content (AvgIpc) is 3.21. The first kappa shape index (κ1) is 20.0. The number of aromatic nitrogens is 1. The minimum absolute atomic E-state index is 0.0965. The predicted molar refractivity (Wildman–Crippen MR) is 110 cm³/mol. The summed E-state index contributed by atoms with van der Waals surface area (Å²) in [5.41, 5.74) is 1.82. The number of carbonyl (C=O) groups is 1. The van der Waals surface area contributed by atoms with E-state index in [-0.39, 0.29) is 10.8 Å². The van der Waals surface area contributed by atoms with Crippen molar-refractivity contribution in [3.05, 3.63) is 52.5 Å². The Balaban J connectivity index is 1.69. The molecule has 3 rings (SSSR count). The van der Waals surface area contributed by atoms with Crippen LogP contribution in [0.25, 0.3) is 10.4 Å². The summed E-state index contributed by atoms with van der Waals surface area (Å²) in [4.78, 5) is 17.6. The molecule has 10 heteroatoms. The number of nitrogens with one attached hydrogen (secondary N) is 1. The normalized spacial score (nSPS) is 11.7. The van der Waals surface area contributed by atoms with Crippen molar-refractivity contribution in [1.29, 1.82) is 0 Å². The second kappa shape index (κ2) is 8.07. The zero-order chi connectivity index (χ0) is 19.6. The van der Waals surface area contributed by atoms with Gasteiger partial charge in [-0.3, -0.25) is 4.79 Å². The van der Waals surface area contributed by atoms with Gasteiger partial charge in [-0.1, -0.05) is 53.3 Å². The number of thiophene rings is 1. The number of hydrogen-bond donors (Lipinski definition) is 1. The number of aryl methyl sites for hydroxylation is 1. The van der Waals surface area contributed by atoms with E-state index in [0.717, 1.165) is 31.8 Å². The quantitative estimate of drug-likeness (QED) is 0.624. The third kappa shape index (κ3) is 4.56. The van der Waals surface area contributed by atoms with Crippen molar-refractivity contribution in [2.45, 2.75) is 11.1 Å². The van der Waals surface area contributed by atoms with Crippen LogP contribution in [0.1, 0.15) is 5.69 Å². The second-order valence-electron chi connectivity index (χ2n) is 5.67. The van der Waals surface area contributed by atoms with Gasteiger partial charge >= 0.3 is 0 Å². The molecule has 142 valence electrons. The van der Waals surface area contributed by atoms with Crippen LogP contribution in [-0.4, -0.2) is 37.2 Å². The van der Waals surface area contributed by atoms with Crippen LogP contribution in [0, 0.1) is 6.92 Å². The Labute approximate surface area is 170 Å². The first-order valence-electron chi connectivity index (χ1n) is 7.82. The summed E-state index contributed by atoms with van der Waals surface area (Å²) >= 11 is 8.10. The molecule has 0 atom stereocenters. The number of halogens is 1. The van der Waals surface area contributed by atoms with Crippen molar-refractivity contribution in [2.24, 2.45) is 0 Å². The van der Waals surface area contributed by atoms with E-state index in [1.54, 1.807) is 0 Å². The van der Waals surface area contributed by atoms with Gasteiger partial charge < -0.3 is 5.32 Å². The molecule has 0 aliphatic carbocycles. The van der Waals surface area contributed by atoms with Crippen molar-refractivity contribution in [2.75, 3.05) is 18.9 Å². The largest absolute Gasteiger partial charge is 0.301 e. The molecule has 0 saturated heterocycles. The number of sulfonamides is 1. The fraction of sp³-hybridized carbons (Fsp3) is 0.176. The van der Waals surface area contributed by atoms with Gasteiger partial charge in [0.05, 0.1) is 21.5 Å². The Morgan fingerprint density at radius 1 is 1.19 bits per heavy atom. The van der Waals surface area contributed by atoms with Crippen LogP contribution >= 0.6 is 34.3 Å². The monoisotopic (exact) mass is 441 g/mol. The van der Waals surface area contributed by atoms with Gasteiger partial charge in [-0.2, -0.15) is 4.31 Å². The molecule has 3 aromatic rings. The van der Waals surface area contributed by atoms with Gasteiger partial charge in [-0.15, -0.1) is 11.3 Å². The fourth-order valence-corrected chi connectivity index (χ4v) is 6.15. The number of carbonyl (C=O) groups excluding carboxylic acids is 1. The molecule has 0 radical (unpaired) electrons. The number of thiazole rings is 1. The lowest BCUT2D eigenvalue weighted by Gasteiger charge is -2.15. The first-order chi connectivity index (χ1) is 12.8. The maximum absolute atomic E-state index is 12.5. The number of likely N-dealkylation sites (N-methyl/N-ethyl adjacent to an activating group) is 1. The Morgan fingerprint density at radius 2 is 1.89 bits per heavy atom. The van der Waals surface area contributed by atoms with Crippen LogP contribution < -0.4 is 5.32 Å². The molecular weight excluding hydrogens is 426 g/mol. The number of amides is 1. The summed E-state index contributed by atoms with van der Waals surface area (Å²) in [6.07, 6.45) is 0. The number of anilines is 1. The third-order valence-corrected chi connectivity index (χ3v) is 8.28. The van der Waals surface area contributed by atoms with Crippen molar-refractivity contribution >= 4 is 55.3 Å². The molecule has 0 bridgehead atoms. The number of benzene rings is 1. The van der Waals surface area contributed by atoms with E-state index in [1.165, 1.54) is 30.5 Å². The van der Waals surface area contributed by atoms with Crippen LogP contribution in [0.2, 0.25) is 4.34 Å². The van der Waals surface area contributed by atoms with Gasteiger partial charge in [0.2, 0.25) is 5.91 Å². The molecule has 0 fully saturated rings. The van der Waals surface area contributed by atoms with Crippen LogP contribution in [-0.2, 0) is 14.8 Å². The van der Waals surface area contributed by atoms with Gasteiger partial charge in [0.15, 0.2) is 5.13 Å². The minimum atomic E-state index is -3.76. The molecule has 1 N–H and O–H groups in total. The van der Waals surface area contributed by atoms with Gasteiger partial charge in [0.1, 0.15) is 4.21 Å². The highest BCUT2D eigenvalue weighted by atomic mass is 35.5. The molecule has 1 aromatic carbocycles. The molecular formula is C17H16ClN3O3S3. The molecule has 2 heterocycles. The van der Waals surface area contributed by atoms with Gasteiger partial charge in [0.25, 0.3) is 10.0 Å². The van der Waals surface area contributed by atoms with E-state index in [9.17, 15) is 13.2 Å². The minimum Gasteiger partial charge on any atom is -0.301 e. The SMILES string of the molecule is Cc1nc(NC(=O)CN(C)S(=O)(=O)c2ccc(Cl)s2)sc1-c1ccccc1. The number of nitrogens with zero attached hydrogens (tertiary/aromatic N) is 2. The van der Waals surface area contributed by atoms with Gasteiger partial charge in [-0.25, -0.2) is 13.4 Å². The Hall–Kier alpha value is -1.78. The van der Waals surface area contributed by atoms with Crippen LogP contribution in [0.3, 0.4) is 0 Å². The second-order valence-corrected chi connectivity index (χ2v) is 10.7. The zero-order valence-electron chi connectivity index (χ0n) is 14.5. The molecule has 0 aliphatic heterocycles. The van der Waals surface area contributed by atoms with Gasteiger partial charge in [-0.05, 0) is 24.6 Å². The summed E-state index contributed by atoms with van der Waals surface area (Å²) in [7, 11) is -2.41. The highest BCUT2D eigenvalue weighted by Gasteiger charge is 2.25. The van der Waals surface area contributed by atoms with Crippen LogP contribution in [0.5, 0.6) is 0 Å². The molecule has 0 unspecified atom stereocenters. The smallest absolute Gasteiger partial charge is 0.252 e. The molecule has 2 aromatic heterocycles. The number of rotatable bonds is 6. The Morgan fingerprint density at radius 3 is 2.52 bits per heavy atom. The topological polar surface area (TPSA) is 79.4 Å². The van der Waals surface area contributed by atoms with E-state index in [0.29, 0.717) is 9.47 Å². The van der Waals surface area contributed by atoms with E-state index in [2.05, 4.69) is 10.3 Å². The van der Waals surface area contributed by atoms with E-state index in [1.807, 2.05) is 37.3 Å². The first-order valence-corrected chi connectivity index (χ1v) is 11.3. The third-order valence-electron chi connectivity index (χ3n) is 3.66. The fourth-order valence-electron chi connectivity index (χ4n) is 2.34. The standard InChI is InChI=1S/C17H16ClN3O3S3/c1-11-16(12-6-4-3-5-7-12)26-17(19-11)20-14(22)10-21(2)27(23,24)15-9-8-13(18)25-15/h3-9H,10H2,1-2H3,(H,19,20,22). The Bertz CT molecular complexity index is 1060. The van der Waals surface area contributed by atoms with Crippen LogP contribution in [0.4, 0.5) is 5.13 Å². The Kier molecular flexibility index (Phi) is 5.97. The maximum Gasteiger partial charge on any atom is 0.252 e. The molecule has 0 spiro atoms. The molecule has 27 heavy (non-hydrogen) atoms. The summed E-state index contributed by atoms with van der Waals surface area (Å²) < 4.78 is 26.4. The van der Waals surface area contributed by atoms with Crippen molar-refractivity contribution in [3.8, 4) is 10.4 Å². The molecule has 1 amide bonds. The summed E-state index contributed by atoms with van der Waals surface area (Å²) in [6, 6.07) is 12.7. The highest BCUT2D eigenvalue weighted by Crippen LogP contribution is 2.32. The lowest BCUT2D eigenvalue weighted by Crippen LogP contribution is -2.34. The maximum atomic E-state index is 12.5. The molecule has 6 nitrogen and oxygen atoms in total. The summed E-state index contributed by atoms with van der Waals surface area (Å²) in [5, 5.41) is 3.10. The molecule has 0 aliphatic rings. The lowest BCUT2D eigenvalue weighted by atomic mass is 10.2.